The third kappa shape index (κ3) is 4.36. The predicted molar refractivity (Wildman–Crippen MR) is 104 cm³/mol. The molecular formula is C17H13Cl2FN6O. The average Bonchev–Trinajstić information content (AvgIpc) is 2.64. The molecule has 1 aromatic heterocycles. The van der Waals surface area contributed by atoms with E-state index >= 15 is 0 Å². The second-order valence-corrected chi connectivity index (χ2v) is 6.14. The maximum absolute atomic E-state index is 13.6. The molecule has 0 atom stereocenters. The van der Waals surface area contributed by atoms with Gasteiger partial charge in [-0.2, -0.15) is 0 Å². The van der Waals surface area contributed by atoms with Crippen LogP contribution in [0.1, 0.15) is 10.4 Å². The van der Waals surface area contributed by atoms with E-state index in [0.29, 0.717) is 15.7 Å². The molecule has 0 aliphatic carbocycles. The molecule has 3 aromatic rings. The number of hydrazine groups is 1. The Bertz CT molecular complexity index is 1000. The Hall–Kier alpha value is -3.10. The van der Waals surface area contributed by atoms with Crippen molar-refractivity contribution in [2.45, 2.75) is 0 Å². The summed E-state index contributed by atoms with van der Waals surface area (Å²) in [4.78, 5) is 20.1. The SMILES string of the molecule is Nc1c(NNC(=O)c2ccccc2F)ncnc1Nc1ccc(Cl)cc1Cl. The second kappa shape index (κ2) is 8.07. The number of anilines is 4. The fourth-order valence-corrected chi connectivity index (χ4v) is 2.60. The molecular weight excluding hydrogens is 394 g/mol. The van der Waals surface area contributed by atoms with Crippen LogP contribution in [0.5, 0.6) is 0 Å². The van der Waals surface area contributed by atoms with Gasteiger partial charge in [0.1, 0.15) is 17.8 Å². The number of nitrogens with one attached hydrogen (secondary N) is 3. The van der Waals surface area contributed by atoms with Gasteiger partial charge in [0, 0.05) is 5.02 Å². The lowest BCUT2D eigenvalue weighted by atomic mass is 10.2. The number of benzene rings is 2. The van der Waals surface area contributed by atoms with Gasteiger partial charge >= 0.3 is 0 Å². The standard InChI is InChI=1S/C17H13Cl2FN6O/c18-9-5-6-13(11(19)7-9)24-15-14(21)16(23-8-22-15)25-26-17(27)10-3-1-2-4-12(10)20/h1-8H,21H2,(H,26,27)(H2,22,23,24,25). The molecule has 1 heterocycles. The lowest BCUT2D eigenvalue weighted by molar-refractivity contribution is 0.0958. The number of rotatable bonds is 5. The minimum Gasteiger partial charge on any atom is -0.393 e. The largest absolute Gasteiger partial charge is 0.393 e. The highest BCUT2D eigenvalue weighted by atomic mass is 35.5. The molecule has 0 saturated heterocycles. The zero-order chi connectivity index (χ0) is 19.4. The molecule has 138 valence electrons. The molecule has 0 unspecified atom stereocenters. The molecule has 0 bridgehead atoms. The van der Waals surface area contributed by atoms with Gasteiger partial charge in [0.05, 0.1) is 16.3 Å². The maximum Gasteiger partial charge on any atom is 0.272 e. The van der Waals surface area contributed by atoms with Crippen LogP contribution in [0.2, 0.25) is 10.0 Å². The molecule has 27 heavy (non-hydrogen) atoms. The molecule has 0 spiro atoms. The van der Waals surface area contributed by atoms with Gasteiger partial charge in [0.15, 0.2) is 11.6 Å². The summed E-state index contributed by atoms with van der Waals surface area (Å²) in [5.41, 5.74) is 11.4. The summed E-state index contributed by atoms with van der Waals surface area (Å²) in [5, 5.41) is 3.82. The first kappa shape index (κ1) is 18.7. The number of nitrogens with two attached hydrogens (primary N) is 1. The Morgan fingerprint density at radius 2 is 1.81 bits per heavy atom. The first-order valence-corrected chi connectivity index (χ1v) is 8.34. The van der Waals surface area contributed by atoms with Crippen LogP contribution in [0.15, 0.2) is 48.8 Å². The van der Waals surface area contributed by atoms with Crippen LogP contribution in [0.25, 0.3) is 0 Å². The maximum atomic E-state index is 13.6. The first-order chi connectivity index (χ1) is 13.0. The third-order valence-corrected chi connectivity index (χ3v) is 4.03. The van der Waals surface area contributed by atoms with Crippen molar-refractivity contribution in [1.29, 1.82) is 0 Å². The van der Waals surface area contributed by atoms with Crippen molar-refractivity contribution in [3.8, 4) is 0 Å². The van der Waals surface area contributed by atoms with Crippen LogP contribution in [0.4, 0.5) is 27.4 Å². The van der Waals surface area contributed by atoms with Crippen LogP contribution >= 0.6 is 23.2 Å². The van der Waals surface area contributed by atoms with Gasteiger partial charge < -0.3 is 11.1 Å². The van der Waals surface area contributed by atoms with E-state index in [1.807, 2.05) is 0 Å². The van der Waals surface area contributed by atoms with E-state index in [9.17, 15) is 9.18 Å². The first-order valence-electron chi connectivity index (χ1n) is 7.59. The normalized spacial score (nSPS) is 10.3. The van der Waals surface area contributed by atoms with Crippen LogP contribution in [0, 0.1) is 5.82 Å². The lowest BCUT2D eigenvalue weighted by Gasteiger charge is -2.14. The average molecular weight is 407 g/mol. The Morgan fingerprint density at radius 3 is 2.56 bits per heavy atom. The molecule has 0 fully saturated rings. The van der Waals surface area contributed by atoms with E-state index in [-0.39, 0.29) is 22.9 Å². The van der Waals surface area contributed by atoms with E-state index in [1.165, 1.54) is 24.5 Å². The number of hydrogen-bond acceptors (Lipinski definition) is 6. The summed E-state index contributed by atoms with van der Waals surface area (Å²) in [5.74, 6) is -0.937. The lowest BCUT2D eigenvalue weighted by Crippen LogP contribution is -2.31. The molecule has 7 nitrogen and oxygen atoms in total. The highest BCUT2D eigenvalue weighted by Gasteiger charge is 2.13. The van der Waals surface area contributed by atoms with Crippen LogP contribution < -0.4 is 21.9 Å². The highest BCUT2D eigenvalue weighted by Crippen LogP contribution is 2.31. The summed E-state index contributed by atoms with van der Waals surface area (Å²) in [6.45, 7) is 0. The van der Waals surface area contributed by atoms with Crippen molar-refractivity contribution in [3.63, 3.8) is 0 Å². The Balaban J connectivity index is 1.75. The van der Waals surface area contributed by atoms with E-state index in [0.717, 1.165) is 0 Å². The summed E-state index contributed by atoms with van der Waals surface area (Å²) in [6.07, 6.45) is 1.24. The second-order valence-electron chi connectivity index (χ2n) is 5.29. The van der Waals surface area contributed by atoms with Crippen LogP contribution in [0.3, 0.4) is 0 Å². The predicted octanol–water partition coefficient (Wildman–Crippen LogP) is 4.01. The van der Waals surface area contributed by atoms with E-state index in [1.54, 1.807) is 24.3 Å². The molecule has 10 heteroatoms. The zero-order valence-electron chi connectivity index (χ0n) is 13.6. The van der Waals surface area contributed by atoms with Crippen molar-refractivity contribution in [2.75, 3.05) is 16.5 Å². The van der Waals surface area contributed by atoms with Gasteiger partial charge in [-0.15, -0.1) is 0 Å². The zero-order valence-corrected chi connectivity index (χ0v) is 15.1. The van der Waals surface area contributed by atoms with Crippen LogP contribution in [-0.4, -0.2) is 15.9 Å². The van der Waals surface area contributed by atoms with Crippen molar-refractivity contribution in [3.05, 3.63) is 70.2 Å². The number of halogens is 3. The Kier molecular flexibility index (Phi) is 5.58. The quantitative estimate of drug-likeness (QED) is 0.477. The monoisotopic (exact) mass is 406 g/mol. The Morgan fingerprint density at radius 1 is 1.07 bits per heavy atom. The Labute approximate surface area is 163 Å². The van der Waals surface area contributed by atoms with Gasteiger partial charge in [0.2, 0.25) is 0 Å². The fraction of sp³-hybridized carbons (Fsp3) is 0. The van der Waals surface area contributed by atoms with Crippen LogP contribution in [-0.2, 0) is 0 Å². The fourth-order valence-electron chi connectivity index (χ4n) is 2.14. The number of hydrogen-bond donors (Lipinski definition) is 4. The third-order valence-electron chi connectivity index (χ3n) is 3.48. The summed E-state index contributed by atoms with van der Waals surface area (Å²) >= 11 is 12.0. The molecule has 0 saturated carbocycles. The van der Waals surface area contributed by atoms with Gasteiger partial charge in [-0.3, -0.25) is 15.6 Å². The summed E-state index contributed by atoms with van der Waals surface area (Å²) in [6, 6.07) is 10.5. The number of nitrogen functional groups attached to an aromatic ring is 1. The van der Waals surface area contributed by atoms with Crippen molar-refractivity contribution in [1.82, 2.24) is 15.4 Å². The number of amides is 1. The molecule has 3 rings (SSSR count). The molecule has 0 aliphatic rings. The highest BCUT2D eigenvalue weighted by molar-refractivity contribution is 6.36. The minimum absolute atomic E-state index is 0.121. The van der Waals surface area contributed by atoms with E-state index in [2.05, 4.69) is 26.1 Å². The topological polar surface area (TPSA) is 105 Å². The van der Waals surface area contributed by atoms with E-state index < -0.39 is 11.7 Å². The number of aromatic nitrogens is 2. The van der Waals surface area contributed by atoms with E-state index in [4.69, 9.17) is 28.9 Å². The minimum atomic E-state index is -0.679. The number of nitrogens with zero attached hydrogens (tertiary/aromatic N) is 2. The van der Waals surface area contributed by atoms with Gasteiger partial charge in [0.25, 0.3) is 5.91 Å². The number of carbonyl (C=O) groups excluding carboxylic acids is 1. The van der Waals surface area contributed by atoms with Gasteiger partial charge in [-0.05, 0) is 30.3 Å². The van der Waals surface area contributed by atoms with Crippen molar-refractivity contribution >= 4 is 52.1 Å². The summed E-state index contributed by atoms with van der Waals surface area (Å²) in [7, 11) is 0. The van der Waals surface area contributed by atoms with Crippen molar-refractivity contribution in [2.24, 2.45) is 0 Å². The molecule has 0 aliphatic heterocycles. The smallest absolute Gasteiger partial charge is 0.272 e. The van der Waals surface area contributed by atoms with Crippen molar-refractivity contribution < 1.29 is 9.18 Å². The molecule has 1 amide bonds. The van der Waals surface area contributed by atoms with Gasteiger partial charge in [-0.1, -0.05) is 35.3 Å². The molecule has 5 N–H and O–H groups in total. The molecule has 0 radical (unpaired) electrons. The number of carbonyl (C=O) groups is 1. The summed E-state index contributed by atoms with van der Waals surface area (Å²) < 4.78 is 13.6. The molecule has 2 aromatic carbocycles. The van der Waals surface area contributed by atoms with Gasteiger partial charge in [-0.25, -0.2) is 14.4 Å².